The van der Waals surface area contributed by atoms with E-state index in [4.69, 9.17) is 0 Å². The number of methoxy groups -OCH3 is 1. The molecule has 0 aromatic carbocycles. The smallest absolute Gasteiger partial charge is 0.305 e. The van der Waals surface area contributed by atoms with Crippen LogP contribution in [0.25, 0.3) is 0 Å². The molecule has 0 fully saturated rings. The van der Waals surface area contributed by atoms with Crippen LogP contribution in [0.5, 0.6) is 0 Å². The Labute approximate surface area is 142 Å². The first kappa shape index (κ1) is 19.4. The van der Waals surface area contributed by atoms with Gasteiger partial charge in [-0.05, 0) is 19.3 Å². The maximum atomic E-state index is 11.0. The SMILES string of the molecule is CCc1cnc(CNC(=NC)NCCCCCCC(=O)OC)s1. The highest BCUT2D eigenvalue weighted by Gasteiger charge is 2.03. The van der Waals surface area contributed by atoms with Gasteiger partial charge in [0.05, 0.1) is 13.7 Å². The number of aliphatic imine (C=N–C) groups is 1. The third-order valence-electron chi connectivity index (χ3n) is 3.41. The number of hydrogen-bond acceptors (Lipinski definition) is 5. The molecule has 0 saturated carbocycles. The van der Waals surface area contributed by atoms with Gasteiger partial charge in [-0.15, -0.1) is 11.3 Å². The number of aryl methyl sites for hydroxylation is 1. The molecule has 0 amide bonds. The average molecular weight is 340 g/mol. The molecule has 0 unspecified atom stereocenters. The number of thiazole rings is 1. The van der Waals surface area contributed by atoms with E-state index in [1.807, 2.05) is 6.20 Å². The second-order valence-electron chi connectivity index (χ2n) is 5.17. The lowest BCUT2D eigenvalue weighted by Gasteiger charge is -2.10. The van der Waals surface area contributed by atoms with Gasteiger partial charge in [0.1, 0.15) is 5.01 Å². The van der Waals surface area contributed by atoms with Gasteiger partial charge >= 0.3 is 5.97 Å². The Kier molecular flexibility index (Phi) is 10.0. The number of guanidine groups is 1. The first-order valence-corrected chi connectivity index (χ1v) is 8.96. The van der Waals surface area contributed by atoms with Crippen LogP contribution in [0.3, 0.4) is 0 Å². The van der Waals surface area contributed by atoms with E-state index in [1.54, 1.807) is 18.4 Å². The van der Waals surface area contributed by atoms with Gasteiger partial charge in [-0.25, -0.2) is 4.98 Å². The summed E-state index contributed by atoms with van der Waals surface area (Å²) < 4.78 is 4.62. The maximum absolute atomic E-state index is 11.0. The molecule has 130 valence electrons. The standard InChI is InChI=1S/C16H28N4O2S/c1-4-13-11-19-14(23-13)12-20-16(17-2)18-10-8-6-5-7-9-15(21)22-3/h11H,4-10,12H2,1-3H3,(H2,17,18,20). The normalized spacial score (nSPS) is 11.3. The number of hydrogen-bond donors (Lipinski definition) is 2. The fraction of sp³-hybridized carbons (Fsp3) is 0.688. The fourth-order valence-corrected chi connectivity index (χ4v) is 2.83. The number of rotatable bonds is 10. The highest BCUT2D eigenvalue weighted by Crippen LogP contribution is 2.12. The molecule has 0 radical (unpaired) electrons. The summed E-state index contributed by atoms with van der Waals surface area (Å²) in [7, 11) is 3.20. The van der Waals surface area contributed by atoms with Gasteiger partial charge < -0.3 is 15.4 Å². The van der Waals surface area contributed by atoms with Crippen molar-refractivity contribution in [3.05, 3.63) is 16.1 Å². The first-order chi connectivity index (χ1) is 11.2. The Balaban J connectivity index is 2.09. The lowest BCUT2D eigenvalue weighted by molar-refractivity contribution is -0.140. The van der Waals surface area contributed by atoms with Crippen molar-refractivity contribution in [1.29, 1.82) is 0 Å². The largest absolute Gasteiger partial charge is 0.469 e. The number of nitrogens with one attached hydrogen (secondary N) is 2. The predicted octanol–water partition coefficient (Wildman–Crippen LogP) is 2.49. The van der Waals surface area contributed by atoms with Gasteiger partial charge in [0.25, 0.3) is 0 Å². The van der Waals surface area contributed by atoms with Crippen molar-refractivity contribution in [2.24, 2.45) is 4.99 Å². The van der Waals surface area contributed by atoms with Crippen LogP contribution in [0.2, 0.25) is 0 Å². The minimum Gasteiger partial charge on any atom is -0.469 e. The lowest BCUT2D eigenvalue weighted by Crippen LogP contribution is -2.37. The van der Waals surface area contributed by atoms with Crippen LogP contribution in [0.4, 0.5) is 0 Å². The van der Waals surface area contributed by atoms with E-state index in [0.717, 1.165) is 49.6 Å². The molecule has 23 heavy (non-hydrogen) atoms. The van der Waals surface area contributed by atoms with E-state index in [9.17, 15) is 4.79 Å². The van der Waals surface area contributed by atoms with E-state index in [-0.39, 0.29) is 5.97 Å². The highest BCUT2D eigenvalue weighted by atomic mass is 32.1. The molecule has 7 heteroatoms. The maximum Gasteiger partial charge on any atom is 0.305 e. The van der Waals surface area contributed by atoms with Gasteiger partial charge in [-0.3, -0.25) is 9.79 Å². The number of esters is 1. The summed E-state index contributed by atoms with van der Waals surface area (Å²) in [5.74, 6) is 0.675. The van der Waals surface area contributed by atoms with Crippen LogP contribution in [0.15, 0.2) is 11.2 Å². The zero-order valence-corrected chi connectivity index (χ0v) is 15.2. The Hall–Kier alpha value is -1.63. The van der Waals surface area contributed by atoms with Gasteiger partial charge in [0.15, 0.2) is 5.96 Å². The van der Waals surface area contributed by atoms with Crippen LogP contribution < -0.4 is 10.6 Å². The number of carbonyl (C=O) groups is 1. The fourth-order valence-electron chi connectivity index (χ4n) is 2.03. The summed E-state index contributed by atoms with van der Waals surface area (Å²) in [6, 6.07) is 0. The molecule has 1 heterocycles. The Bertz CT molecular complexity index is 488. The summed E-state index contributed by atoms with van der Waals surface area (Å²) in [6.07, 6.45) is 7.56. The van der Waals surface area contributed by atoms with Crippen molar-refractivity contribution in [2.45, 2.75) is 52.0 Å². The van der Waals surface area contributed by atoms with Crippen molar-refractivity contribution < 1.29 is 9.53 Å². The molecule has 6 nitrogen and oxygen atoms in total. The summed E-state index contributed by atoms with van der Waals surface area (Å²) >= 11 is 1.73. The Morgan fingerprint density at radius 3 is 2.74 bits per heavy atom. The number of aromatic nitrogens is 1. The third kappa shape index (κ3) is 8.54. The zero-order valence-electron chi connectivity index (χ0n) is 14.4. The van der Waals surface area contributed by atoms with Crippen LogP contribution in [0, 0.1) is 0 Å². The van der Waals surface area contributed by atoms with Gasteiger partial charge in [-0.1, -0.05) is 19.8 Å². The van der Waals surface area contributed by atoms with Gasteiger partial charge in [0, 0.05) is 31.1 Å². The number of unbranched alkanes of at least 4 members (excludes halogenated alkanes) is 3. The van der Waals surface area contributed by atoms with Gasteiger partial charge in [-0.2, -0.15) is 0 Å². The summed E-state index contributed by atoms with van der Waals surface area (Å²) in [5, 5.41) is 7.65. The summed E-state index contributed by atoms with van der Waals surface area (Å²) in [4.78, 5) is 20.9. The van der Waals surface area contributed by atoms with E-state index >= 15 is 0 Å². The molecule has 1 aromatic heterocycles. The van der Waals surface area contributed by atoms with Crippen molar-refractivity contribution in [1.82, 2.24) is 15.6 Å². The number of carbonyl (C=O) groups excluding carboxylic acids is 1. The van der Waals surface area contributed by atoms with Crippen LogP contribution in [0.1, 0.15) is 48.9 Å². The minimum absolute atomic E-state index is 0.124. The van der Waals surface area contributed by atoms with E-state index in [1.165, 1.54) is 12.0 Å². The molecular weight excluding hydrogens is 312 g/mol. The Morgan fingerprint density at radius 1 is 1.30 bits per heavy atom. The van der Waals surface area contributed by atoms with Crippen molar-refractivity contribution in [3.63, 3.8) is 0 Å². The summed E-state index contributed by atoms with van der Waals surface area (Å²) in [6.45, 7) is 3.70. The molecule has 0 atom stereocenters. The zero-order chi connectivity index (χ0) is 16.9. The topological polar surface area (TPSA) is 75.6 Å². The third-order valence-corrected chi connectivity index (χ3v) is 4.55. The number of nitrogens with zero attached hydrogens (tertiary/aromatic N) is 2. The predicted molar refractivity (Wildman–Crippen MR) is 94.8 cm³/mol. The summed E-state index contributed by atoms with van der Waals surface area (Å²) in [5.41, 5.74) is 0. The average Bonchev–Trinajstić information content (AvgIpc) is 3.04. The molecule has 2 N–H and O–H groups in total. The molecule has 0 aliphatic heterocycles. The quantitative estimate of drug-likeness (QED) is 0.296. The van der Waals surface area contributed by atoms with Crippen molar-refractivity contribution in [2.75, 3.05) is 20.7 Å². The highest BCUT2D eigenvalue weighted by molar-refractivity contribution is 7.11. The lowest BCUT2D eigenvalue weighted by atomic mass is 10.1. The number of ether oxygens (including phenoxy) is 1. The molecule has 0 bridgehead atoms. The Morgan fingerprint density at radius 2 is 2.09 bits per heavy atom. The molecule has 0 saturated heterocycles. The van der Waals surface area contributed by atoms with E-state index in [2.05, 4.69) is 32.3 Å². The second-order valence-corrected chi connectivity index (χ2v) is 6.37. The van der Waals surface area contributed by atoms with Crippen LogP contribution in [-0.2, 0) is 22.5 Å². The molecule has 0 spiro atoms. The van der Waals surface area contributed by atoms with Crippen molar-refractivity contribution >= 4 is 23.3 Å². The molecule has 0 aliphatic carbocycles. The van der Waals surface area contributed by atoms with Crippen LogP contribution in [-0.4, -0.2) is 37.6 Å². The second kappa shape index (κ2) is 11.9. The van der Waals surface area contributed by atoms with Crippen LogP contribution >= 0.6 is 11.3 Å². The molecular formula is C16H28N4O2S. The van der Waals surface area contributed by atoms with Gasteiger partial charge in [0.2, 0.25) is 0 Å². The van der Waals surface area contributed by atoms with E-state index in [0.29, 0.717) is 13.0 Å². The minimum atomic E-state index is -0.124. The molecule has 1 aromatic rings. The monoisotopic (exact) mass is 340 g/mol. The molecule has 0 aliphatic rings. The van der Waals surface area contributed by atoms with E-state index < -0.39 is 0 Å². The molecule has 1 rings (SSSR count). The van der Waals surface area contributed by atoms with Crippen molar-refractivity contribution in [3.8, 4) is 0 Å². The first-order valence-electron chi connectivity index (χ1n) is 8.14.